The van der Waals surface area contributed by atoms with Crippen LogP contribution in [0.1, 0.15) is 17.0 Å². The number of nitrogens with two attached hydrogens (primary N) is 1. The molecule has 3 nitrogen and oxygen atoms in total. The first kappa shape index (κ1) is 13.4. The number of halogens is 2. The van der Waals surface area contributed by atoms with Crippen molar-refractivity contribution in [2.75, 3.05) is 12.3 Å². The lowest BCUT2D eigenvalue weighted by Gasteiger charge is -1.93. The number of nitrogens with zero attached hydrogens (tertiary/aromatic N) is 1. The van der Waals surface area contributed by atoms with Crippen molar-refractivity contribution in [3.8, 4) is 0 Å². The van der Waals surface area contributed by atoms with Crippen molar-refractivity contribution in [2.45, 2.75) is 19.4 Å². The van der Waals surface area contributed by atoms with Gasteiger partial charge in [0.2, 0.25) is 0 Å². The molecule has 0 aliphatic carbocycles. The fourth-order valence-electron chi connectivity index (χ4n) is 1.32. The molecule has 0 saturated heterocycles. The van der Waals surface area contributed by atoms with Gasteiger partial charge in [-0.15, -0.1) is 45.3 Å². The van der Waals surface area contributed by atoms with Crippen LogP contribution in [0.15, 0.2) is 0 Å². The minimum absolute atomic E-state index is 0. The second-order valence-electron chi connectivity index (χ2n) is 2.70. The monoisotopic (exact) mass is 329 g/mol. The SMILES string of the molecule is Br.Br.Nc1nc2c(s1)CNCCC2. The third-order valence-electron chi connectivity index (χ3n) is 1.85. The Morgan fingerprint density at radius 3 is 2.92 bits per heavy atom. The summed E-state index contributed by atoms with van der Waals surface area (Å²) in [4.78, 5) is 5.59. The molecule has 0 amide bonds. The molecule has 0 atom stereocenters. The highest BCUT2D eigenvalue weighted by Gasteiger charge is 2.11. The van der Waals surface area contributed by atoms with Crippen molar-refractivity contribution in [1.82, 2.24) is 10.3 Å². The molecule has 2 heterocycles. The average molecular weight is 331 g/mol. The Kier molecular flexibility index (Phi) is 6.11. The highest BCUT2D eigenvalue weighted by Crippen LogP contribution is 2.22. The maximum absolute atomic E-state index is 5.59. The van der Waals surface area contributed by atoms with Gasteiger partial charge in [-0.25, -0.2) is 4.98 Å². The first-order valence-electron chi connectivity index (χ1n) is 3.81. The van der Waals surface area contributed by atoms with Gasteiger partial charge in [0.1, 0.15) is 0 Å². The molecule has 0 saturated carbocycles. The van der Waals surface area contributed by atoms with Crippen molar-refractivity contribution >= 4 is 50.4 Å². The van der Waals surface area contributed by atoms with Crippen LogP contribution >= 0.6 is 45.3 Å². The Hall–Kier alpha value is 0.350. The summed E-state index contributed by atoms with van der Waals surface area (Å²) in [6.07, 6.45) is 2.26. The van der Waals surface area contributed by atoms with Gasteiger partial charge < -0.3 is 11.1 Å². The van der Waals surface area contributed by atoms with E-state index in [4.69, 9.17) is 5.73 Å². The van der Waals surface area contributed by atoms with Gasteiger partial charge in [-0.3, -0.25) is 0 Å². The van der Waals surface area contributed by atoms with Crippen LogP contribution in [0.5, 0.6) is 0 Å². The molecule has 0 aromatic carbocycles. The second kappa shape index (κ2) is 5.95. The quantitative estimate of drug-likeness (QED) is 0.764. The van der Waals surface area contributed by atoms with Gasteiger partial charge in [0.25, 0.3) is 0 Å². The zero-order valence-electron chi connectivity index (χ0n) is 7.08. The van der Waals surface area contributed by atoms with Crippen LogP contribution < -0.4 is 11.1 Å². The molecule has 0 spiro atoms. The van der Waals surface area contributed by atoms with E-state index in [0.29, 0.717) is 5.13 Å². The Balaban J connectivity index is 0.000000720. The smallest absolute Gasteiger partial charge is 0.180 e. The standard InChI is InChI=1S/C7H11N3S.2BrH/c8-7-10-5-2-1-3-9-4-6(5)11-7;;/h9H,1-4H2,(H2,8,10);2*1H. The van der Waals surface area contributed by atoms with Crippen LogP contribution in [0, 0.1) is 0 Å². The maximum Gasteiger partial charge on any atom is 0.180 e. The van der Waals surface area contributed by atoms with Crippen molar-refractivity contribution in [3.05, 3.63) is 10.6 Å². The van der Waals surface area contributed by atoms with E-state index in [1.165, 1.54) is 17.0 Å². The molecule has 0 unspecified atom stereocenters. The molecule has 1 aromatic rings. The van der Waals surface area contributed by atoms with Gasteiger partial charge >= 0.3 is 0 Å². The third-order valence-corrected chi connectivity index (χ3v) is 2.77. The van der Waals surface area contributed by atoms with Crippen LogP contribution in [0.25, 0.3) is 0 Å². The number of rotatable bonds is 0. The number of hydrogen-bond acceptors (Lipinski definition) is 4. The number of fused-ring (bicyclic) bond motifs is 1. The lowest BCUT2D eigenvalue weighted by molar-refractivity contribution is 0.682. The van der Waals surface area contributed by atoms with Gasteiger partial charge in [-0.05, 0) is 19.4 Å². The van der Waals surface area contributed by atoms with Gasteiger partial charge in [0.05, 0.1) is 5.69 Å². The summed E-state index contributed by atoms with van der Waals surface area (Å²) in [6.45, 7) is 2.05. The van der Waals surface area contributed by atoms with Gasteiger partial charge in [0.15, 0.2) is 5.13 Å². The lowest BCUT2D eigenvalue weighted by atomic mass is 10.2. The molecule has 1 aliphatic rings. The Labute approximate surface area is 103 Å². The summed E-state index contributed by atoms with van der Waals surface area (Å²) in [5.41, 5.74) is 6.80. The van der Waals surface area contributed by atoms with E-state index in [0.717, 1.165) is 19.5 Å². The number of nitrogens with one attached hydrogen (secondary N) is 1. The predicted octanol–water partition coefficient (Wildman–Crippen LogP) is 1.92. The van der Waals surface area contributed by atoms with E-state index in [1.807, 2.05) is 0 Å². The molecule has 6 heteroatoms. The van der Waals surface area contributed by atoms with Crippen molar-refractivity contribution in [2.24, 2.45) is 0 Å². The summed E-state index contributed by atoms with van der Waals surface area (Å²) >= 11 is 1.61. The predicted molar refractivity (Wildman–Crippen MR) is 67.2 cm³/mol. The lowest BCUT2D eigenvalue weighted by Crippen LogP contribution is -2.11. The highest BCUT2D eigenvalue weighted by molar-refractivity contribution is 8.93. The molecule has 0 bridgehead atoms. The van der Waals surface area contributed by atoms with Crippen LogP contribution in [-0.2, 0) is 13.0 Å². The van der Waals surface area contributed by atoms with Crippen LogP contribution in [-0.4, -0.2) is 11.5 Å². The molecular weight excluding hydrogens is 318 g/mol. The molecule has 76 valence electrons. The molecule has 1 aromatic heterocycles. The number of aromatic nitrogens is 1. The fraction of sp³-hybridized carbons (Fsp3) is 0.571. The summed E-state index contributed by atoms with van der Waals surface area (Å²) in [6, 6.07) is 0. The van der Waals surface area contributed by atoms with Crippen LogP contribution in [0.3, 0.4) is 0 Å². The van der Waals surface area contributed by atoms with E-state index in [9.17, 15) is 0 Å². The fourth-order valence-corrected chi connectivity index (χ4v) is 2.17. The van der Waals surface area contributed by atoms with E-state index in [-0.39, 0.29) is 34.0 Å². The summed E-state index contributed by atoms with van der Waals surface area (Å²) in [7, 11) is 0. The average Bonchev–Trinajstić information content (AvgIpc) is 2.17. The Morgan fingerprint density at radius 2 is 2.15 bits per heavy atom. The van der Waals surface area contributed by atoms with Crippen LogP contribution in [0.4, 0.5) is 5.13 Å². The minimum Gasteiger partial charge on any atom is -0.375 e. The first-order valence-corrected chi connectivity index (χ1v) is 4.62. The van der Waals surface area contributed by atoms with Crippen molar-refractivity contribution < 1.29 is 0 Å². The summed E-state index contributed by atoms with van der Waals surface area (Å²) in [5, 5.41) is 4.04. The van der Waals surface area contributed by atoms with E-state index >= 15 is 0 Å². The number of anilines is 1. The third kappa shape index (κ3) is 3.19. The maximum atomic E-state index is 5.59. The number of hydrogen-bond donors (Lipinski definition) is 2. The molecule has 2 rings (SSSR count). The van der Waals surface area contributed by atoms with Crippen LogP contribution in [0.2, 0.25) is 0 Å². The van der Waals surface area contributed by atoms with E-state index < -0.39 is 0 Å². The van der Waals surface area contributed by atoms with Gasteiger partial charge in [-0.2, -0.15) is 0 Å². The first-order chi connectivity index (χ1) is 5.36. The zero-order chi connectivity index (χ0) is 7.68. The molecular formula is C7H13Br2N3S. The van der Waals surface area contributed by atoms with Crippen molar-refractivity contribution in [3.63, 3.8) is 0 Å². The molecule has 1 aliphatic heterocycles. The van der Waals surface area contributed by atoms with Gasteiger partial charge in [-0.1, -0.05) is 0 Å². The second-order valence-corrected chi connectivity index (χ2v) is 3.82. The Bertz CT molecular complexity index is 241. The molecule has 13 heavy (non-hydrogen) atoms. The largest absolute Gasteiger partial charge is 0.375 e. The van der Waals surface area contributed by atoms with Crippen molar-refractivity contribution in [1.29, 1.82) is 0 Å². The van der Waals surface area contributed by atoms with E-state index in [2.05, 4.69) is 10.3 Å². The molecule has 3 N–H and O–H groups in total. The van der Waals surface area contributed by atoms with Gasteiger partial charge in [0, 0.05) is 11.4 Å². The highest BCUT2D eigenvalue weighted by atomic mass is 79.9. The summed E-state index contributed by atoms with van der Waals surface area (Å²) < 4.78 is 0. The number of aryl methyl sites for hydroxylation is 1. The summed E-state index contributed by atoms with van der Waals surface area (Å²) in [5.74, 6) is 0. The molecule has 0 radical (unpaired) electrons. The topological polar surface area (TPSA) is 50.9 Å². The normalized spacial score (nSPS) is 14.8. The van der Waals surface area contributed by atoms with E-state index in [1.54, 1.807) is 11.3 Å². The minimum atomic E-state index is 0. The Morgan fingerprint density at radius 1 is 1.38 bits per heavy atom. The number of thiazole rings is 1. The number of nitrogen functional groups attached to an aromatic ring is 1. The molecule has 0 fully saturated rings. The zero-order valence-corrected chi connectivity index (χ0v) is 11.3.